The van der Waals surface area contributed by atoms with E-state index in [0.29, 0.717) is 25.7 Å². The number of carbonyl (C=O) groups is 4. The molecule has 0 spiro atoms. The highest BCUT2D eigenvalue weighted by Gasteiger charge is 2.39. The second-order valence-corrected chi connectivity index (χ2v) is 16.4. The van der Waals surface area contributed by atoms with Gasteiger partial charge in [-0.25, -0.2) is 11.0 Å². The Kier molecular flexibility index (Phi) is 13.5. The van der Waals surface area contributed by atoms with Crippen LogP contribution in [0.2, 0.25) is 0 Å². The molecule has 13 nitrogen and oxygen atoms in total. The number of amides is 4. The Morgan fingerprint density at radius 2 is 0.796 bits per heavy atom. The van der Waals surface area contributed by atoms with Gasteiger partial charge in [0.15, 0.2) is 0 Å². The minimum absolute atomic E-state index is 0.119. The third-order valence-corrected chi connectivity index (χ3v) is 11.6. The minimum Gasteiger partial charge on any atom is -0.296 e. The fourth-order valence-electron chi connectivity index (χ4n) is 6.94. The largest absolute Gasteiger partial charge is 0.317 e. The molecule has 268 valence electrons. The number of hydrogen-bond donors (Lipinski definition) is 3. The van der Waals surface area contributed by atoms with E-state index in [4.69, 9.17) is 8.57 Å². The van der Waals surface area contributed by atoms with E-state index in [-0.39, 0.29) is 35.5 Å². The number of carbonyl (C=O) groups excluding carboxylic acids is 4. The maximum Gasteiger partial charge on any atom is 0.317 e. The highest BCUT2D eigenvalue weighted by molar-refractivity contribution is 7.87. The first-order chi connectivity index (χ1) is 23.3. The summed E-state index contributed by atoms with van der Waals surface area (Å²) < 4.78 is 59.5. The lowest BCUT2D eigenvalue weighted by Crippen LogP contribution is -2.41. The number of benzene rings is 2. The fourth-order valence-corrected chi connectivity index (χ4v) is 8.52. The zero-order valence-corrected chi connectivity index (χ0v) is 29.1. The molecule has 2 aliphatic carbocycles. The van der Waals surface area contributed by atoms with Gasteiger partial charge in [0.1, 0.15) is 0 Å². The highest BCUT2D eigenvalue weighted by atomic mass is 32.2. The van der Waals surface area contributed by atoms with Crippen LogP contribution in [0.5, 0.6) is 0 Å². The highest BCUT2D eigenvalue weighted by Crippen LogP contribution is 2.43. The van der Waals surface area contributed by atoms with Crippen LogP contribution in [0.25, 0.3) is 0 Å². The summed E-state index contributed by atoms with van der Waals surface area (Å²) in [5.41, 5.74) is 2.43. The lowest BCUT2D eigenvalue weighted by atomic mass is 9.73. The van der Waals surface area contributed by atoms with E-state index in [2.05, 4.69) is 5.32 Å². The van der Waals surface area contributed by atoms with Gasteiger partial charge in [-0.05, 0) is 60.8 Å². The summed E-state index contributed by atoms with van der Waals surface area (Å²) in [6.07, 6.45) is 8.25. The molecule has 49 heavy (non-hydrogen) atoms. The molecule has 0 radical (unpaired) electrons. The van der Waals surface area contributed by atoms with E-state index in [1.165, 1.54) is 48.5 Å². The van der Waals surface area contributed by atoms with Crippen LogP contribution in [0, 0.1) is 10.8 Å². The lowest BCUT2D eigenvalue weighted by molar-refractivity contribution is -0.135. The first-order valence-electron chi connectivity index (χ1n) is 16.7. The van der Waals surface area contributed by atoms with Crippen LogP contribution >= 0.6 is 0 Å². The predicted molar refractivity (Wildman–Crippen MR) is 178 cm³/mol. The van der Waals surface area contributed by atoms with Crippen molar-refractivity contribution < 1.29 is 44.6 Å². The smallest absolute Gasteiger partial charge is 0.296 e. The minimum atomic E-state index is -4.24. The van der Waals surface area contributed by atoms with Gasteiger partial charge in [-0.15, -0.1) is 8.57 Å². The Morgan fingerprint density at radius 1 is 0.490 bits per heavy atom. The summed E-state index contributed by atoms with van der Waals surface area (Å²) in [6.45, 7) is 0. The number of rotatable bonds is 14. The van der Waals surface area contributed by atoms with E-state index < -0.39 is 54.7 Å². The number of nitrogens with one attached hydrogen (secondary N) is 3. The molecule has 0 aromatic heterocycles. The summed E-state index contributed by atoms with van der Waals surface area (Å²) in [4.78, 5) is 52.4. The molecule has 0 bridgehead atoms. The second kappa shape index (κ2) is 17.3. The quantitative estimate of drug-likeness (QED) is 0.182. The van der Waals surface area contributed by atoms with Crippen molar-refractivity contribution in [3.63, 3.8) is 0 Å². The molecule has 0 heterocycles. The molecular formula is C34H45N3O10S2. The second-order valence-electron chi connectivity index (χ2n) is 13.3. The number of hydrogen-bond acceptors (Lipinski definition) is 10. The standard InChI is InChI=1S/C34H45N3O10S2/c38-29(23-33(19-11-1-2-12-20-33)25-31(40)36-46-48(42,43)27-15-7-5-8-16-27)35-30(39)24-34(21-13-3-4-14-22-34)26-32(41)37-47-49(44,45)28-17-9-6-10-18-28/h5-10,15-18H,1-4,11-14,19-26H2,(H,36,40)(H,37,41)(H,35,38,39). The summed E-state index contributed by atoms with van der Waals surface area (Å²) in [5.74, 6) is -2.52. The summed E-state index contributed by atoms with van der Waals surface area (Å²) in [7, 11) is -8.48. The molecule has 2 aromatic rings. The van der Waals surface area contributed by atoms with Crippen LogP contribution in [0.4, 0.5) is 0 Å². The normalized spacial score (nSPS) is 17.9. The average molecular weight is 720 g/mol. The van der Waals surface area contributed by atoms with Gasteiger partial charge < -0.3 is 0 Å². The predicted octanol–water partition coefficient (Wildman–Crippen LogP) is 4.74. The van der Waals surface area contributed by atoms with Crippen molar-refractivity contribution in [2.45, 2.75) is 113 Å². The topological polar surface area (TPSA) is 191 Å². The van der Waals surface area contributed by atoms with Gasteiger partial charge in [-0.2, -0.15) is 16.8 Å². The number of hydroxylamine groups is 2. The molecule has 15 heteroatoms. The monoisotopic (exact) mass is 719 g/mol. The Balaban J connectivity index is 1.37. The van der Waals surface area contributed by atoms with Gasteiger partial charge in [0.05, 0.1) is 9.79 Å². The van der Waals surface area contributed by atoms with E-state index in [9.17, 15) is 36.0 Å². The van der Waals surface area contributed by atoms with Crippen LogP contribution in [0.3, 0.4) is 0 Å². The molecule has 0 atom stereocenters. The molecule has 2 fully saturated rings. The molecule has 0 unspecified atom stereocenters. The van der Waals surface area contributed by atoms with E-state index in [0.717, 1.165) is 51.4 Å². The van der Waals surface area contributed by atoms with Crippen LogP contribution in [-0.4, -0.2) is 40.5 Å². The molecule has 4 rings (SSSR count). The summed E-state index contributed by atoms with van der Waals surface area (Å²) in [5, 5.41) is 2.47. The van der Waals surface area contributed by atoms with Crippen molar-refractivity contribution >= 4 is 43.9 Å². The van der Waals surface area contributed by atoms with E-state index in [1.807, 2.05) is 11.0 Å². The van der Waals surface area contributed by atoms with Crippen LogP contribution < -0.4 is 16.3 Å². The zero-order valence-electron chi connectivity index (χ0n) is 27.5. The zero-order chi connectivity index (χ0) is 35.4. The van der Waals surface area contributed by atoms with Crippen LogP contribution in [-0.2, 0) is 48.0 Å². The van der Waals surface area contributed by atoms with Gasteiger partial charge in [0.25, 0.3) is 0 Å². The van der Waals surface area contributed by atoms with Gasteiger partial charge in [-0.3, -0.25) is 24.5 Å². The Hall–Kier alpha value is -3.66. The Bertz CT molecular complexity index is 1530. The third kappa shape index (κ3) is 11.7. The Labute approximate surface area is 288 Å². The molecule has 3 N–H and O–H groups in total. The van der Waals surface area contributed by atoms with Crippen molar-refractivity contribution in [3.8, 4) is 0 Å². The third-order valence-electron chi connectivity index (χ3n) is 9.34. The SMILES string of the molecule is O=C(CC1(CC(=O)NC(=O)CC2(CC(=O)NOS(=O)(=O)c3ccccc3)CCCCCC2)CCCCCC1)NOS(=O)(=O)c1ccccc1. The van der Waals surface area contributed by atoms with Crippen molar-refractivity contribution in [2.75, 3.05) is 0 Å². The molecule has 2 aliphatic rings. The van der Waals surface area contributed by atoms with Gasteiger partial charge in [-0.1, -0.05) is 87.8 Å². The maximum absolute atomic E-state index is 13.3. The van der Waals surface area contributed by atoms with Crippen molar-refractivity contribution in [1.29, 1.82) is 0 Å². The van der Waals surface area contributed by atoms with Crippen molar-refractivity contribution in [1.82, 2.24) is 16.3 Å². The van der Waals surface area contributed by atoms with Crippen LogP contribution in [0.15, 0.2) is 70.5 Å². The van der Waals surface area contributed by atoms with Gasteiger partial charge in [0, 0.05) is 25.7 Å². The first-order valence-corrected chi connectivity index (χ1v) is 19.5. The van der Waals surface area contributed by atoms with Gasteiger partial charge in [0.2, 0.25) is 23.6 Å². The molecule has 2 saturated carbocycles. The molecular weight excluding hydrogens is 675 g/mol. The first kappa shape index (κ1) is 38.1. The average Bonchev–Trinajstić information content (AvgIpc) is 3.44. The molecule has 4 amide bonds. The summed E-state index contributed by atoms with van der Waals surface area (Å²) in [6, 6.07) is 14.8. The van der Waals surface area contributed by atoms with Crippen molar-refractivity contribution in [3.05, 3.63) is 60.7 Å². The number of imide groups is 1. The Morgan fingerprint density at radius 3 is 1.12 bits per heavy atom. The lowest BCUT2D eigenvalue weighted by Gasteiger charge is -2.33. The molecule has 0 saturated heterocycles. The van der Waals surface area contributed by atoms with Crippen LogP contribution in [0.1, 0.15) is 103 Å². The maximum atomic E-state index is 13.3. The summed E-state index contributed by atoms with van der Waals surface area (Å²) >= 11 is 0. The molecule has 2 aromatic carbocycles. The van der Waals surface area contributed by atoms with Gasteiger partial charge >= 0.3 is 20.2 Å². The fraction of sp³-hybridized carbons (Fsp3) is 0.529. The molecule has 0 aliphatic heterocycles. The van der Waals surface area contributed by atoms with Crippen molar-refractivity contribution in [2.24, 2.45) is 10.8 Å². The van der Waals surface area contributed by atoms with E-state index >= 15 is 0 Å². The van der Waals surface area contributed by atoms with E-state index in [1.54, 1.807) is 12.1 Å².